The first-order chi connectivity index (χ1) is 10.5. The molecule has 1 heterocycles. The van der Waals surface area contributed by atoms with Gasteiger partial charge in [-0.1, -0.05) is 15.9 Å². The van der Waals surface area contributed by atoms with Crippen LogP contribution < -0.4 is 0 Å². The van der Waals surface area contributed by atoms with Crippen LogP contribution in [0.5, 0.6) is 5.88 Å². The summed E-state index contributed by atoms with van der Waals surface area (Å²) in [5, 5.41) is 29.2. The summed E-state index contributed by atoms with van der Waals surface area (Å²) < 4.78 is 0.875. The molecule has 0 amide bonds. The average Bonchev–Trinajstić information content (AvgIpc) is 2.80. The number of hydrogen-bond donors (Lipinski definition) is 2. The number of fused-ring (bicyclic) bond motifs is 1. The van der Waals surface area contributed by atoms with Crippen LogP contribution in [0.25, 0.3) is 10.9 Å². The third kappa shape index (κ3) is 2.68. The first kappa shape index (κ1) is 14.2. The van der Waals surface area contributed by atoms with Gasteiger partial charge in [0, 0.05) is 22.0 Å². The normalized spacial score (nSPS) is 11.3. The number of halogens is 1. The van der Waals surface area contributed by atoms with E-state index >= 15 is 0 Å². The Balaban J connectivity index is 1.95. The first-order valence-corrected chi connectivity index (χ1v) is 7.00. The molecular formula is C14H9BrN4O3. The summed E-state index contributed by atoms with van der Waals surface area (Å²) in [5.74, 6) is -0.0845. The zero-order valence-electron chi connectivity index (χ0n) is 11.0. The molecule has 0 saturated carbocycles. The van der Waals surface area contributed by atoms with Crippen LogP contribution in [-0.2, 0) is 0 Å². The topological polar surface area (TPSA) is 104 Å². The fourth-order valence-corrected chi connectivity index (χ4v) is 2.35. The van der Waals surface area contributed by atoms with Gasteiger partial charge in [0.1, 0.15) is 0 Å². The highest BCUT2D eigenvalue weighted by molar-refractivity contribution is 9.10. The Bertz CT molecular complexity index is 887. The molecule has 0 atom stereocenters. The Morgan fingerprint density at radius 3 is 2.55 bits per heavy atom. The number of aromatic nitrogens is 1. The van der Waals surface area contributed by atoms with Gasteiger partial charge in [0.25, 0.3) is 5.69 Å². The van der Waals surface area contributed by atoms with Gasteiger partial charge < -0.3 is 10.1 Å². The molecule has 0 unspecified atom stereocenters. The van der Waals surface area contributed by atoms with Crippen LogP contribution >= 0.6 is 15.9 Å². The molecule has 2 aromatic carbocycles. The molecule has 0 aliphatic heterocycles. The largest absolute Gasteiger partial charge is 0.493 e. The maximum atomic E-state index is 10.6. The van der Waals surface area contributed by atoms with E-state index in [2.05, 4.69) is 31.1 Å². The Morgan fingerprint density at radius 1 is 1.14 bits per heavy atom. The van der Waals surface area contributed by atoms with E-state index in [1.807, 2.05) is 12.1 Å². The minimum atomic E-state index is -0.482. The van der Waals surface area contributed by atoms with Crippen molar-refractivity contribution in [2.24, 2.45) is 10.2 Å². The number of nitro benzene ring substituents is 1. The van der Waals surface area contributed by atoms with Crippen molar-refractivity contribution in [1.29, 1.82) is 0 Å². The van der Waals surface area contributed by atoms with Crippen LogP contribution in [0.2, 0.25) is 0 Å². The number of benzene rings is 2. The number of non-ortho nitro benzene ring substituents is 1. The average molecular weight is 361 g/mol. The quantitative estimate of drug-likeness (QED) is 0.391. The molecule has 3 aromatic rings. The summed E-state index contributed by atoms with van der Waals surface area (Å²) in [4.78, 5) is 12.9. The Hall–Kier alpha value is -2.74. The van der Waals surface area contributed by atoms with Crippen molar-refractivity contribution in [2.45, 2.75) is 0 Å². The number of nitrogens with zero attached hydrogens (tertiary/aromatic N) is 3. The molecular weight excluding hydrogens is 352 g/mol. The lowest BCUT2D eigenvalue weighted by molar-refractivity contribution is -0.384. The predicted molar refractivity (Wildman–Crippen MR) is 84.9 cm³/mol. The second kappa shape index (κ2) is 5.57. The lowest BCUT2D eigenvalue weighted by Crippen LogP contribution is -1.85. The molecule has 0 radical (unpaired) electrons. The summed E-state index contributed by atoms with van der Waals surface area (Å²) in [6, 6.07) is 11.1. The molecule has 0 saturated heterocycles. The van der Waals surface area contributed by atoms with Crippen molar-refractivity contribution in [1.82, 2.24) is 4.98 Å². The summed E-state index contributed by atoms with van der Waals surface area (Å²) in [6.07, 6.45) is 0. The molecule has 22 heavy (non-hydrogen) atoms. The molecule has 2 N–H and O–H groups in total. The van der Waals surface area contributed by atoms with Crippen molar-refractivity contribution in [3.63, 3.8) is 0 Å². The van der Waals surface area contributed by atoms with E-state index < -0.39 is 4.92 Å². The molecule has 7 nitrogen and oxygen atoms in total. The van der Waals surface area contributed by atoms with Crippen LogP contribution in [0.1, 0.15) is 0 Å². The van der Waals surface area contributed by atoms with Crippen LogP contribution in [0.15, 0.2) is 57.2 Å². The molecule has 0 spiro atoms. The summed E-state index contributed by atoms with van der Waals surface area (Å²) >= 11 is 3.35. The van der Waals surface area contributed by atoms with Crippen LogP contribution in [0.3, 0.4) is 0 Å². The number of nitrogens with one attached hydrogen (secondary N) is 1. The van der Waals surface area contributed by atoms with Crippen molar-refractivity contribution in [3.8, 4) is 5.88 Å². The number of hydrogen-bond acceptors (Lipinski definition) is 5. The van der Waals surface area contributed by atoms with Crippen molar-refractivity contribution in [3.05, 3.63) is 57.1 Å². The smallest absolute Gasteiger partial charge is 0.269 e. The van der Waals surface area contributed by atoms with Crippen LogP contribution in [-0.4, -0.2) is 15.0 Å². The lowest BCUT2D eigenvalue weighted by Gasteiger charge is -1.94. The number of nitro groups is 1. The van der Waals surface area contributed by atoms with Crippen molar-refractivity contribution < 1.29 is 10.0 Å². The maximum absolute atomic E-state index is 10.6. The van der Waals surface area contributed by atoms with E-state index in [0.29, 0.717) is 11.4 Å². The molecule has 3 rings (SSSR count). The molecule has 0 aliphatic rings. The van der Waals surface area contributed by atoms with E-state index in [9.17, 15) is 15.2 Å². The Labute approximate surface area is 132 Å². The molecule has 110 valence electrons. The highest BCUT2D eigenvalue weighted by Crippen LogP contribution is 2.37. The van der Waals surface area contributed by atoms with Gasteiger partial charge in [-0.2, -0.15) is 5.11 Å². The molecule has 1 aromatic heterocycles. The van der Waals surface area contributed by atoms with Gasteiger partial charge in [0.05, 0.1) is 16.1 Å². The standard InChI is InChI=1S/C14H9BrN4O3/c15-8-1-6-11-12(7-8)16-14(20)13(11)18-17-9-2-4-10(5-3-9)19(21)22/h1-7,16,20H. The van der Waals surface area contributed by atoms with Crippen LogP contribution in [0, 0.1) is 10.1 Å². The monoisotopic (exact) mass is 360 g/mol. The highest BCUT2D eigenvalue weighted by Gasteiger charge is 2.10. The van der Waals surface area contributed by atoms with Gasteiger partial charge in [0.15, 0.2) is 5.69 Å². The minimum absolute atomic E-state index is 0.0151. The zero-order valence-corrected chi connectivity index (χ0v) is 12.6. The van der Waals surface area contributed by atoms with E-state index in [4.69, 9.17) is 0 Å². The van der Waals surface area contributed by atoms with Crippen molar-refractivity contribution >= 4 is 43.9 Å². The Kier molecular flexibility index (Phi) is 3.60. The van der Waals surface area contributed by atoms with Crippen molar-refractivity contribution in [2.75, 3.05) is 0 Å². The number of H-pyrrole nitrogens is 1. The summed E-state index contributed by atoms with van der Waals surface area (Å²) in [5.41, 5.74) is 1.49. The Morgan fingerprint density at radius 2 is 1.86 bits per heavy atom. The maximum Gasteiger partial charge on any atom is 0.269 e. The summed E-state index contributed by atoms with van der Waals surface area (Å²) in [7, 11) is 0. The van der Waals surface area contributed by atoms with Crippen LogP contribution in [0.4, 0.5) is 17.1 Å². The lowest BCUT2D eigenvalue weighted by atomic mass is 10.2. The van der Waals surface area contributed by atoms with Gasteiger partial charge in [0.2, 0.25) is 5.88 Å². The molecule has 0 aliphatic carbocycles. The number of rotatable bonds is 3. The van der Waals surface area contributed by atoms with Gasteiger partial charge in [-0.05, 0) is 30.3 Å². The molecule has 0 fully saturated rings. The minimum Gasteiger partial charge on any atom is -0.493 e. The first-order valence-electron chi connectivity index (χ1n) is 6.21. The van der Waals surface area contributed by atoms with Gasteiger partial charge in [-0.25, -0.2) is 0 Å². The molecule has 0 bridgehead atoms. The summed E-state index contributed by atoms with van der Waals surface area (Å²) in [6.45, 7) is 0. The highest BCUT2D eigenvalue weighted by atomic mass is 79.9. The van der Waals surface area contributed by atoms with Gasteiger partial charge in [-0.15, -0.1) is 5.11 Å². The number of aromatic hydroxyl groups is 1. The third-order valence-electron chi connectivity index (χ3n) is 3.04. The third-order valence-corrected chi connectivity index (χ3v) is 3.53. The fourth-order valence-electron chi connectivity index (χ4n) is 1.99. The van der Waals surface area contributed by atoms with Gasteiger partial charge >= 0.3 is 0 Å². The molecule has 8 heteroatoms. The van der Waals surface area contributed by atoms with E-state index in [-0.39, 0.29) is 11.6 Å². The second-order valence-electron chi connectivity index (χ2n) is 4.49. The SMILES string of the molecule is O=[N+]([O-])c1ccc(N=Nc2c(O)[nH]c3cc(Br)ccc23)cc1. The second-order valence-corrected chi connectivity index (χ2v) is 5.40. The van der Waals surface area contributed by atoms with E-state index in [1.54, 1.807) is 6.07 Å². The fraction of sp³-hybridized carbons (Fsp3) is 0. The zero-order chi connectivity index (χ0) is 15.7. The van der Waals surface area contributed by atoms with E-state index in [1.165, 1.54) is 24.3 Å². The number of azo groups is 1. The van der Waals surface area contributed by atoms with Gasteiger partial charge in [-0.3, -0.25) is 10.1 Å². The predicted octanol–water partition coefficient (Wildman–Crippen LogP) is 4.96. The van der Waals surface area contributed by atoms with E-state index in [0.717, 1.165) is 15.4 Å². The number of aromatic amines is 1.